The van der Waals surface area contributed by atoms with E-state index in [1.165, 1.54) is 23.9 Å². The van der Waals surface area contributed by atoms with Gasteiger partial charge < -0.3 is 30.7 Å². The normalized spacial score (nSPS) is 15.2. The number of amides is 2. The number of morpholine rings is 2. The summed E-state index contributed by atoms with van der Waals surface area (Å²) < 4.78 is 10.8. The summed E-state index contributed by atoms with van der Waals surface area (Å²) in [5.74, 6) is -0.323. The standard InChI is InChI=1S/C38H34Cl4N4O4S/c39-35-25(9-11-33(47)45-13-17-49-18-14-45)27(23-5-1-3-7-29(23)43)21-31(37(35)41)51-32-22-28(24-6-2-4-8-30(24)44)26(36(40)38(32)42)10-12-34(48)46-15-19-50-20-16-46/h1-12,21-22H,13-20,43-44H2. The average Bonchev–Trinajstić information content (AvgIpc) is 3.15. The lowest BCUT2D eigenvalue weighted by molar-refractivity contribution is -0.130. The van der Waals surface area contributed by atoms with Crippen molar-refractivity contribution < 1.29 is 19.1 Å². The summed E-state index contributed by atoms with van der Waals surface area (Å²) >= 11 is 29.3. The number of benzene rings is 4. The minimum Gasteiger partial charge on any atom is -0.398 e. The molecule has 0 radical (unpaired) electrons. The number of ether oxygens (including phenoxy) is 2. The molecule has 6 rings (SSSR count). The van der Waals surface area contributed by atoms with E-state index in [1.54, 1.807) is 34.1 Å². The molecule has 2 aliphatic rings. The maximum atomic E-state index is 13.0. The average molecular weight is 785 g/mol. The van der Waals surface area contributed by atoms with Gasteiger partial charge in [-0.1, -0.05) is 94.6 Å². The van der Waals surface area contributed by atoms with Crippen LogP contribution in [0, 0.1) is 0 Å². The third kappa shape index (κ3) is 8.36. The van der Waals surface area contributed by atoms with Gasteiger partial charge in [-0.3, -0.25) is 9.59 Å². The highest BCUT2D eigenvalue weighted by Crippen LogP contribution is 2.49. The second-order valence-corrected chi connectivity index (χ2v) is 14.3. The number of hydrogen-bond donors (Lipinski definition) is 2. The topological polar surface area (TPSA) is 111 Å². The van der Waals surface area contributed by atoms with Gasteiger partial charge in [-0.05, 0) is 47.5 Å². The van der Waals surface area contributed by atoms with Crippen molar-refractivity contribution in [1.29, 1.82) is 0 Å². The highest BCUT2D eigenvalue weighted by Gasteiger charge is 2.23. The summed E-state index contributed by atoms with van der Waals surface area (Å²) in [6, 6.07) is 18.5. The van der Waals surface area contributed by atoms with E-state index < -0.39 is 0 Å². The molecule has 4 aromatic rings. The SMILES string of the molecule is Nc1ccccc1-c1cc(Sc2cc(-c3ccccc3N)c(C=CC(=O)N3CCOCC3)c(Cl)c2Cl)c(Cl)c(Cl)c1C=CC(=O)N1CCOCC1. The van der Waals surface area contributed by atoms with E-state index in [4.69, 9.17) is 67.3 Å². The molecule has 0 saturated carbocycles. The van der Waals surface area contributed by atoms with Crippen molar-refractivity contribution in [3.05, 3.63) is 104 Å². The number of para-hydroxylation sites is 2. The monoisotopic (exact) mass is 782 g/mol. The third-order valence-corrected chi connectivity index (χ3v) is 11.6. The smallest absolute Gasteiger partial charge is 0.246 e. The molecule has 2 fully saturated rings. The maximum absolute atomic E-state index is 13.0. The second-order valence-electron chi connectivity index (χ2n) is 11.7. The van der Waals surface area contributed by atoms with Crippen LogP contribution in [0.5, 0.6) is 0 Å². The van der Waals surface area contributed by atoms with Gasteiger partial charge >= 0.3 is 0 Å². The summed E-state index contributed by atoms with van der Waals surface area (Å²) in [6.45, 7) is 3.96. The number of carbonyl (C=O) groups excluding carboxylic acids is 2. The van der Waals surface area contributed by atoms with Crippen LogP contribution in [0.15, 0.2) is 82.6 Å². The molecule has 0 aromatic heterocycles. The Bertz CT molecular complexity index is 1880. The van der Waals surface area contributed by atoms with Crippen LogP contribution in [-0.4, -0.2) is 74.2 Å². The first kappa shape index (κ1) is 37.1. The predicted octanol–water partition coefficient (Wildman–Crippen LogP) is 8.69. The lowest BCUT2D eigenvalue weighted by Gasteiger charge is -2.25. The molecule has 8 nitrogen and oxygen atoms in total. The molecule has 51 heavy (non-hydrogen) atoms. The molecule has 13 heteroatoms. The molecule has 4 aromatic carbocycles. The molecule has 0 atom stereocenters. The Kier molecular flexibility index (Phi) is 12.2. The Morgan fingerprint density at radius 2 is 0.961 bits per heavy atom. The summed E-state index contributed by atoms with van der Waals surface area (Å²) in [5, 5.41) is 0.988. The van der Waals surface area contributed by atoms with Crippen LogP contribution in [0.3, 0.4) is 0 Å². The zero-order valence-electron chi connectivity index (χ0n) is 27.3. The van der Waals surface area contributed by atoms with Gasteiger partial charge in [0.1, 0.15) is 0 Å². The first-order chi connectivity index (χ1) is 24.6. The highest BCUT2D eigenvalue weighted by atomic mass is 35.5. The van der Waals surface area contributed by atoms with Gasteiger partial charge in [0, 0.05) is 81.8 Å². The summed E-state index contributed by atoms with van der Waals surface area (Å²) in [6.07, 6.45) is 6.31. The van der Waals surface area contributed by atoms with Crippen molar-refractivity contribution >= 4 is 93.5 Å². The van der Waals surface area contributed by atoms with Crippen molar-refractivity contribution in [3.63, 3.8) is 0 Å². The fourth-order valence-corrected chi connectivity index (χ4v) is 8.01. The number of halogens is 4. The molecule has 0 unspecified atom stereocenters. The van der Waals surface area contributed by atoms with Crippen LogP contribution >= 0.6 is 58.2 Å². The van der Waals surface area contributed by atoms with E-state index in [0.29, 0.717) is 107 Å². The molecular formula is C38H34Cl4N4O4S. The number of hydrogen-bond acceptors (Lipinski definition) is 7. The lowest BCUT2D eigenvalue weighted by Crippen LogP contribution is -2.39. The van der Waals surface area contributed by atoms with E-state index in [9.17, 15) is 9.59 Å². The van der Waals surface area contributed by atoms with Crippen molar-refractivity contribution in [1.82, 2.24) is 9.80 Å². The van der Waals surface area contributed by atoms with Crippen LogP contribution in [0.25, 0.3) is 34.4 Å². The Morgan fingerprint density at radius 3 is 1.33 bits per heavy atom. The molecule has 264 valence electrons. The van der Waals surface area contributed by atoms with Gasteiger partial charge in [0.15, 0.2) is 0 Å². The zero-order chi connectivity index (χ0) is 36.1. The molecule has 2 aliphatic heterocycles. The molecule has 0 bridgehead atoms. The molecule has 2 saturated heterocycles. The number of anilines is 2. The van der Waals surface area contributed by atoms with Crippen molar-refractivity contribution in [2.45, 2.75) is 9.79 Å². The van der Waals surface area contributed by atoms with Crippen LogP contribution in [-0.2, 0) is 19.1 Å². The van der Waals surface area contributed by atoms with Crippen LogP contribution in [0.1, 0.15) is 11.1 Å². The second kappa shape index (κ2) is 16.8. The molecule has 2 amide bonds. The van der Waals surface area contributed by atoms with Crippen LogP contribution in [0.2, 0.25) is 20.1 Å². The zero-order valence-corrected chi connectivity index (χ0v) is 31.2. The Morgan fingerprint density at radius 1 is 0.588 bits per heavy atom. The lowest BCUT2D eigenvalue weighted by atomic mass is 9.97. The van der Waals surface area contributed by atoms with Gasteiger partial charge in [-0.15, -0.1) is 0 Å². The number of nitrogen functional groups attached to an aromatic ring is 2. The van der Waals surface area contributed by atoms with Crippen LogP contribution in [0.4, 0.5) is 11.4 Å². The number of nitrogens with zero attached hydrogens (tertiary/aromatic N) is 2. The Balaban J connectivity index is 1.43. The van der Waals surface area contributed by atoms with E-state index in [-0.39, 0.29) is 31.9 Å². The first-order valence-electron chi connectivity index (χ1n) is 16.1. The van der Waals surface area contributed by atoms with E-state index in [0.717, 1.165) is 0 Å². The summed E-state index contributed by atoms with van der Waals surface area (Å²) in [4.78, 5) is 30.7. The van der Waals surface area contributed by atoms with Gasteiger partial charge in [0.05, 0.1) is 46.5 Å². The molecule has 2 heterocycles. The van der Waals surface area contributed by atoms with Crippen molar-refractivity contribution in [2.24, 2.45) is 0 Å². The number of carbonyl (C=O) groups is 2. The third-order valence-electron chi connectivity index (χ3n) is 8.57. The Labute approximate surface area is 320 Å². The van der Waals surface area contributed by atoms with E-state index in [1.807, 2.05) is 48.5 Å². The summed E-state index contributed by atoms with van der Waals surface area (Å²) in [5.41, 5.74) is 17.8. The minimum atomic E-state index is -0.161. The van der Waals surface area contributed by atoms with Gasteiger partial charge in [0.2, 0.25) is 11.8 Å². The first-order valence-corrected chi connectivity index (χ1v) is 18.5. The number of nitrogens with two attached hydrogens (primary N) is 2. The molecular weight excluding hydrogens is 750 g/mol. The van der Waals surface area contributed by atoms with Crippen molar-refractivity contribution in [3.8, 4) is 22.3 Å². The molecule has 0 aliphatic carbocycles. The van der Waals surface area contributed by atoms with Crippen molar-refractivity contribution in [2.75, 3.05) is 64.1 Å². The van der Waals surface area contributed by atoms with Gasteiger partial charge in [-0.2, -0.15) is 0 Å². The van der Waals surface area contributed by atoms with Gasteiger partial charge in [-0.25, -0.2) is 0 Å². The highest BCUT2D eigenvalue weighted by molar-refractivity contribution is 7.99. The quantitative estimate of drug-likeness (QED) is 0.136. The fourth-order valence-electron chi connectivity index (χ4n) is 5.84. The van der Waals surface area contributed by atoms with Crippen LogP contribution < -0.4 is 11.5 Å². The van der Waals surface area contributed by atoms with E-state index >= 15 is 0 Å². The number of rotatable bonds is 8. The minimum absolute atomic E-state index is 0.161. The maximum Gasteiger partial charge on any atom is 0.246 e. The fraction of sp³-hybridized carbons (Fsp3) is 0.211. The molecule has 4 N–H and O–H groups in total. The molecule has 0 spiro atoms. The predicted molar refractivity (Wildman–Crippen MR) is 210 cm³/mol. The largest absolute Gasteiger partial charge is 0.398 e. The summed E-state index contributed by atoms with van der Waals surface area (Å²) in [7, 11) is 0. The Hall–Kier alpha value is -3.67. The van der Waals surface area contributed by atoms with Gasteiger partial charge in [0.25, 0.3) is 0 Å². The van der Waals surface area contributed by atoms with E-state index in [2.05, 4.69) is 0 Å².